The lowest BCUT2D eigenvalue weighted by Gasteiger charge is -2.41. The highest BCUT2D eigenvalue weighted by atomic mass is 35.5. The molecule has 0 aromatic heterocycles. The normalized spacial score (nSPS) is 20.1. The van der Waals surface area contributed by atoms with Crippen LogP contribution in [0.5, 0.6) is 0 Å². The predicted octanol–water partition coefficient (Wildman–Crippen LogP) is 5.12. The lowest BCUT2D eigenvalue weighted by molar-refractivity contribution is -0.883. The fourth-order valence-electron chi connectivity index (χ4n) is 6.52. The fourth-order valence-corrected chi connectivity index (χ4v) is 6.70. The first-order valence-electron chi connectivity index (χ1n) is 16.5. The van der Waals surface area contributed by atoms with E-state index in [4.69, 9.17) is 21.2 Å². The average Bonchev–Trinajstić information content (AvgIpc) is 3.54. The Morgan fingerprint density at radius 1 is 1.04 bits per heavy atom. The van der Waals surface area contributed by atoms with Crippen LogP contribution >= 0.6 is 11.6 Å². The van der Waals surface area contributed by atoms with E-state index in [1.54, 1.807) is 68.1 Å². The Morgan fingerprint density at radius 2 is 1.76 bits per heavy atom. The second kappa shape index (κ2) is 13.5. The third-order valence-electron chi connectivity index (χ3n) is 9.01. The standard InChI is InChI=1S/C37H39ClFN5O6/c1-37(2,3)49-36(48)22-12-14-23(15-13-22)40-34(46)33-25-8-7-11-29(42-18-19-44(4,5)21-31(42)45)24(25)16-17-43(33)35(47)30-20-28(41-50-30)26-9-6-10-27(38)32(26)39/h6-15,30,33H,16-21H2,1-5H3/p+1/t30-,33+/m1/s1. The van der Waals surface area contributed by atoms with Gasteiger partial charge in [0.1, 0.15) is 11.6 Å². The number of esters is 1. The number of ether oxygens (including phenoxy) is 1. The summed E-state index contributed by atoms with van der Waals surface area (Å²) >= 11 is 5.98. The average molecular weight is 705 g/mol. The first kappa shape index (κ1) is 35.0. The van der Waals surface area contributed by atoms with Gasteiger partial charge in [0.05, 0.1) is 43.5 Å². The van der Waals surface area contributed by atoms with Crippen LogP contribution in [0.4, 0.5) is 15.8 Å². The van der Waals surface area contributed by atoms with Gasteiger partial charge in [0.25, 0.3) is 17.7 Å². The summed E-state index contributed by atoms with van der Waals surface area (Å²) in [5, 5.41) is 6.85. The number of oxime groups is 1. The Kier molecular flexibility index (Phi) is 9.45. The summed E-state index contributed by atoms with van der Waals surface area (Å²) in [6.07, 6.45) is -0.729. The monoisotopic (exact) mass is 704 g/mol. The molecule has 3 aromatic rings. The number of amides is 3. The van der Waals surface area contributed by atoms with E-state index >= 15 is 0 Å². The molecule has 3 aliphatic rings. The summed E-state index contributed by atoms with van der Waals surface area (Å²) in [5.41, 5.74) is 2.54. The van der Waals surface area contributed by atoms with Crippen molar-refractivity contribution in [2.24, 2.45) is 5.16 Å². The maximum atomic E-state index is 14.8. The Bertz CT molecular complexity index is 1890. The molecule has 3 aliphatic heterocycles. The molecule has 0 spiro atoms. The van der Waals surface area contributed by atoms with Gasteiger partial charge in [-0.3, -0.25) is 14.4 Å². The Morgan fingerprint density at radius 3 is 2.46 bits per heavy atom. The van der Waals surface area contributed by atoms with Crippen LogP contribution in [0.3, 0.4) is 0 Å². The molecule has 1 fully saturated rings. The van der Waals surface area contributed by atoms with Crippen molar-refractivity contribution < 1.29 is 37.6 Å². The molecule has 0 unspecified atom stereocenters. The molecule has 6 rings (SSSR count). The van der Waals surface area contributed by atoms with Gasteiger partial charge in [-0.25, -0.2) is 9.18 Å². The number of carbonyl (C=O) groups is 4. The van der Waals surface area contributed by atoms with Crippen LogP contribution in [0.1, 0.15) is 60.3 Å². The van der Waals surface area contributed by atoms with Gasteiger partial charge in [0.2, 0.25) is 6.10 Å². The maximum absolute atomic E-state index is 14.8. The van der Waals surface area contributed by atoms with Gasteiger partial charge in [-0.05, 0) is 80.8 Å². The minimum Gasteiger partial charge on any atom is -0.456 e. The Labute approximate surface area is 295 Å². The van der Waals surface area contributed by atoms with E-state index < -0.39 is 41.3 Å². The molecule has 0 bridgehead atoms. The predicted molar refractivity (Wildman–Crippen MR) is 186 cm³/mol. The van der Waals surface area contributed by atoms with Gasteiger partial charge in [-0.15, -0.1) is 0 Å². The third-order valence-corrected chi connectivity index (χ3v) is 9.30. The van der Waals surface area contributed by atoms with Crippen LogP contribution in [-0.2, 0) is 30.4 Å². The summed E-state index contributed by atoms with van der Waals surface area (Å²) < 4.78 is 20.8. The highest BCUT2D eigenvalue weighted by molar-refractivity contribution is 6.31. The van der Waals surface area contributed by atoms with Crippen molar-refractivity contribution in [1.82, 2.24) is 4.90 Å². The van der Waals surface area contributed by atoms with Crippen LogP contribution in [0.25, 0.3) is 0 Å². The van der Waals surface area contributed by atoms with Crippen molar-refractivity contribution in [2.45, 2.75) is 51.4 Å². The number of anilines is 2. The van der Waals surface area contributed by atoms with E-state index in [1.165, 1.54) is 17.0 Å². The molecule has 0 saturated carbocycles. The number of rotatable bonds is 6. The van der Waals surface area contributed by atoms with Gasteiger partial charge in [-0.1, -0.05) is 35.0 Å². The number of hydrogen-bond acceptors (Lipinski definition) is 7. The fraction of sp³-hybridized carbons (Fsp3) is 0.378. The summed E-state index contributed by atoms with van der Waals surface area (Å²) in [7, 11) is 4.03. The zero-order valence-corrected chi connectivity index (χ0v) is 29.4. The largest absolute Gasteiger partial charge is 0.456 e. The number of hydrogen-bond donors (Lipinski definition) is 1. The molecular formula is C37H40ClFN5O6+. The van der Waals surface area contributed by atoms with Crippen LogP contribution < -0.4 is 10.2 Å². The van der Waals surface area contributed by atoms with Crippen molar-refractivity contribution in [3.05, 3.63) is 93.8 Å². The Balaban J connectivity index is 1.30. The summed E-state index contributed by atoms with van der Waals surface area (Å²) in [6.45, 7) is 7.11. The molecule has 3 amide bonds. The summed E-state index contributed by atoms with van der Waals surface area (Å²) in [6, 6.07) is 15.2. The zero-order chi connectivity index (χ0) is 36.0. The van der Waals surface area contributed by atoms with Crippen LogP contribution in [-0.4, -0.2) is 90.8 Å². The van der Waals surface area contributed by atoms with E-state index in [0.717, 1.165) is 17.8 Å². The molecule has 1 saturated heterocycles. The lowest BCUT2D eigenvalue weighted by Crippen LogP contribution is -2.58. The molecule has 0 radical (unpaired) electrons. The number of benzene rings is 3. The lowest BCUT2D eigenvalue weighted by atomic mass is 9.89. The van der Waals surface area contributed by atoms with Crippen molar-refractivity contribution in [1.29, 1.82) is 0 Å². The van der Waals surface area contributed by atoms with Crippen molar-refractivity contribution >= 4 is 52.4 Å². The molecule has 50 heavy (non-hydrogen) atoms. The first-order chi connectivity index (χ1) is 23.6. The second-order valence-electron chi connectivity index (χ2n) is 14.4. The molecule has 3 aromatic carbocycles. The quantitative estimate of drug-likeness (QED) is 0.282. The number of halogens is 2. The molecule has 3 heterocycles. The van der Waals surface area contributed by atoms with Crippen molar-refractivity contribution in [3.8, 4) is 0 Å². The molecule has 13 heteroatoms. The van der Waals surface area contributed by atoms with Crippen molar-refractivity contribution in [3.63, 3.8) is 0 Å². The molecule has 262 valence electrons. The maximum Gasteiger partial charge on any atom is 0.338 e. The number of fused-ring (bicyclic) bond motifs is 1. The molecule has 0 aliphatic carbocycles. The van der Waals surface area contributed by atoms with E-state index in [0.29, 0.717) is 40.8 Å². The van der Waals surface area contributed by atoms with E-state index in [9.17, 15) is 23.6 Å². The van der Waals surface area contributed by atoms with Crippen LogP contribution in [0, 0.1) is 5.82 Å². The van der Waals surface area contributed by atoms with Gasteiger partial charge in [0, 0.05) is 29.9 Å². The van der Waals surface area contributed by atoms with Gasteiger partial charge >= 0.3 is 5.97 Å². The van der Waals surface area contributed by atoms with Crippen LogP contribution in [0.2, 0.25) is 5.02 Å². The molecule has 11 nitrogen and oxygen atoms in total. The number of carbonyl (C=O) groups excluding carboxylic acids is 4. The smallest absolute Gasteiger partial charge is 0.338 e. The molecule has 1 N–H and O–H groups in total. The number of likely N-dealkylation sites (N-methyl/N-ethyl adjacent to an activating group) is 1. The highest BCUT2D eigenvalue weighted by Crippen LogP contribution is 2.38. The number of nitrogens with zero attached hydrogens (tertiary/aromatic N) is 4. The molecular weight excluding hydrogens is 665 g/mol. The summed E-state index contributed by atoms with van der Waals surface area (Å²) in [5.74, 6) is -2.16. The van der Waals surface area contributed by atoms with E-state index in [2.05, 4.69) is 10.5 Å². The summed E-state index contributed by atoms with van der Waals surface area (Å²) in [4.78, 5) is 63.1. The van der Waals surface area contributed by atoms with Gasteiger partial charge < -0.3 is 29.2 Å². The van der Waals surface area contributed by atoms with E-state index in [1.807, 2.05) is 20.2 Å². The van der Waals surface area contributed by atoms with Gasteiger partial charge in [0.15, 0.2) is 12.4 Å². The zero-order valence-electron chi connectivity index (χ0n) is 28.7. The first-order valence-corrected chi connectivity index (χ1v) is 16.9. The number of piperazine rings is 1. The van der Waals surface area contributed by atoms with Crippen LogP contribution in [0.15, 0.2) is 65.8 Å². The minimum absolute atomic E-state index is 0.0171. The third kappa shape index (κ3) is 7.22. The number of quaternary nitrogens is 1. The minimum atomic E-state index is -1.10. The number of nitrogens with one attached hydrogen (secondary N) is 1. The topological polar surface area (TPSA) is 118 Å². The van der Waals surface area contributed by atoms with Crippen molar-refractivity contribution in [2.75, 3.05) is 50.5 Å². The second-order valence-corrected chi connectivity index (χ2v) is 14.8. The van der Waals surface area contributed by atoms with E-state index in [-0.39, 0.29) is 35.2 Å². The van der Waals surface area contributed by atoms with Gasteiger partial charge in [-0.2, -0.15) is 0 Å². The Hall–Kier alpha value is -4.81. The molecule has 2 atom stereocenters. The highest BCUT2D eigenvalue weighted by Gasteiger charge is 2.43. The SMILES string of the molecule is CC(C)(C)OC(=O)c1ccc(NC(=O)[C@@H]2c3cccc(N4CC[N+](C)(C)CC4=O)c3CCN2C(=O)[C@H]2CC(c3cccc(Cl)c3F)=NO2)cc1.